The molecule has 0 fully saturated rings. The number of nitrogens with zero attached hydrogens (tertiary/aromatic N) is 1. The average molecular weight is 309 g/mol. The van der Waals surface area contributed by atoms with Gasteiger partial charge in [-0.3, -0.25) is 4.79 Å². The normalized spacial score (nSPS) is 10.6. The lowest BCUT2D eigenvalue weighted by Gasteiger charge is -2.09. The third kappa shape index (κ3) is 3.62. The highest BCUT2D eigenvalue weighted by Gasteiger charge is 2.18. The van der Waals surface area contributed by atoms with Crippen molar-refractivity contribution in [1.29, 1.82) is 0 Å². The fourth-order valence-corrected chi connectivity index (χ4v) is 1.77. The van der Waals surface area contributed by atoms with E-state index in [1.165, 1.54) is 0 Å². The SMILES string of the molecule is CCOC(=O)Cc1nc(N)cc(C(F)F)c1Br. The molecule has 0 saturated heterocycles. The molecule has 17 heavy (non-hydrogen) atoms. The third-order valence-corrected chi connectivity index (χ3v) is 2.84. The van der Waals surface area contributed by atoms with Gasteiger partial charge in [0.05, 0.1) is 18.7 Å². The van der Waals surface area contributed by atoms with Crippen molar-refractivity contribution in [3.63, 3.8) is 0 Å². The number of nitrogen functional groups attached to an aromatic ring is 1. The van der Waals surface area contributed by atoms with E-state index in [0.29, 0.717) is 0 Å². The van der Waals surface area contributed by atoms with Crippen LogP contribution >= 0.6 is 15.9 Å². The first-order valence-corrected chi connectivity index (χ1v) is 5.63. The van der Waals surface area contributed by atoms with Crippen LogP contribution < -0.4 is 5.73 Å². The van der Waals surface area contributed by atoms with Crippen LogP contribution in [-0.2, 0) is 16.0 Å². The van der Waals surface area contributed by atoms with Crippen molar-refractivity contribution in [1.82, 2.24) is 4.98 Å². The number of esters is 1. The van der Waals surface area contributed by atoms with E-state index in [0.717, 1.165) is 6.07 Å². The molecule has 4 nitrogen and oxygen atoms in total. The zero-order valence-electron chi connectivity index (χ0n) is 9.04. The molecule has 0 atom stereocenters. The average Bonchev–Trinajstić information content (AvgIpc) is 2.22. The second-order valence-electron chi connectivity index (χ2n) is 3.18. The molecule has 0 unspecified atom stereocenters. The van der Waals surface area contributed by atoms with Crippen molar-refractivity contribution in [3.05, 3.63) is 21.8 Å². The second-order valence-corrected chi connectivity index (χ2v) is 3.97. The smallest absolute Gasteiger partial charge is 0.311 e. The van der Waals surface area contributed by atoms with Crippen molar-refractivity contribution in [2.75, 3.05) is 12.3 Å². The number of aromatic nitrogens is 1. The summed E-state index contributed by atoms with van der Waals surface area (Å²) in [5.41, 5.74) is 5.27. The molecule has 0 aliphatic rings. The first-order valence-electron chi connectivity index (χ1n) is 4.84. The number of carbonyl (C=O) groups excluding carboxylic acids is 1. The molecule has 1 aromatic heterocycles. The molecule has 0 aliphatic heterocycles. The van der Waals surface area contributed by atoms with Crippen LogP contribution in [0.3, 0.4) is 0 Å². The Kier molecular flexibility index (Phi) is 4.80. The van der Waals surface area contributed by atoms with Gasteiger partial charge in [-0.15, -0.1) is 0 Å². The molecule has 1 aromatic rings. The Morgan fingerprint density at radius 3 is 2.82 bits per heavy atom. The summed E-state index contributed by atoms with van der Waals surface area (Å²) in [6.45, 7) is 1.88. The van der Waals surface area contributed by atoms with Crippen molar-refractivity contribution < 1.29 is 18.3 Å². The van der Waals surface area contributed by atoms with Gasteiger partial charge >= 0.3 is 5.97 Å². The number of halogens is 3. The summed E-state index contributed by atoms with van der Waals surface area (Å²) in [6.07, 6.45) is -2.88. The van der Waals surface area contributed by atoms with Crippen molar-refractivity contribution in [2.24, 2.45) is 0 Å². The minimum atomic E-state index is -2.68. The van der Waals surface area contributed by atoms with Gasteiger partial charge in [0.2, 0.25) is 0 Å². The first-order chi connectivity index (χ1) is 7.95. The zero-order chi connectivity index (χ0) is 13.0. The van der Waals surface area contributed by atoms with Crippen LogP contribution in [0.15, 0.2) is 10.5 Å². The van der Waals surface area contributed by atoms with Crippen LogP contribution in [-0.4, -0.2) is 17.6 Å². The van der Waals surface area contributed by atoms with Crippen LogP contribution in [0, 0.1) is 0 Å². The van der Waals surface area contributed by atoms with Gasteiger partial charge in [0.15, 0.2) is 0 Å². The predicted molar refractivity (Wildman–Crippen MR) is 61.6 cm³/mol. The molecular weight excluding hydrogens is 298 g/mol. The summed E-state index contributed by atoms with van der Waals surface area (Å²) < 4.78 is 30.1. The topological polar surface area (TPSA) is 65.2 Å². The fraction of sp³-hybridized carbons (Fsp3) is 0.400. The Morgan fingerprint density at radius 1 is 1.65 bits per heavy atom. The quantitative estimate of drug-likeness (QED) is 0.868. The molecule has 0 saturated carbocycles. The minimum absolute atomic E-state index is 0.0530. The summed E-state index contributed by atoms with van der Waals surface area (Å²) in [5.74, 6) is -0.589. The highest BCUT2D eigenvalue weighted by Crippen LogP contribution is 2.31. The summed E-state index contributed by atoms with van der Waals surface area (Å²) in [6, 6.07) is 1.07. The van der Waals surface area contributed by atoms with Crippen LogP contribution in [0.25, 0.3) is 0 Å². The van der Waals surface area contributed by atoms with Gasteiger partial charge in [-0.1, -0.05) is 0 Å². The number of carbonyl (C=O) groups is 1. The van der Waals surface area contributed by atoms with E-state index in [1.54, 1.807) is 6.92 Å². The van der Waals surface area contributed by atoms with Crippen LogP contribution in [0.5, 0.6) is 0 Å². The van der Waals surface area contributed by atoms with Crippen molar-refractivity contribution in [2.45, 2.75) is 19.8 Å². The summed E-state index contributed by atoms with van der Waals surface area (Å²) >= 11 is 2.99. The van der Waals surface area contributed by atoms with E-state index in [9.17, 15) is 13.6 Å². The standard InChI is InChI=1S/C10H11BrF2N2O2/c1-2-17-8(16)4-6-9(11)5(10(12)13)3-7(14)15-6/h3,10H,2,4H2,1H3,(H2,14,15). The molecule has 0 amide bonds. The lowest BCUT2D eigenvalue weighted by atomic mass is 10.2. The van der Waals surface area contributed by atoms with E-state index in [2.05, 4.69) is 20.9 Å². The number of rotatable bonds is 4. The van der Waals surface area contributed by atoms with Gasteiger partial charge in [0.1, 0.15) is 5.82 Å². The Labute approximate surface area is 105 Å². The molecule has 0 spiro atoms. The Bertz CT molecular complexity index is 427. The molecule has 1 heterocycles. The molecule has 0 aliphatic carbocycles. The fourth-order valence-electron chi connectivity index (χ4n) is 1.25. The minimum Gasteiger partial charge on any atom is -0.466 e. The molecule has 7 heteroatoms. The van der Waals surface area contributed by atoms with Gasteiger partial charge in [0, 0.05) is 10.0 Å². The summed E-state index contributed by atoms with van der Waals surface area (Å²) in [7, 11) is 0. The predicted octanol–water partition coefficient (Wildman–Crippen LogP) is 2.47. The van der Waals surface area contributed by atoms with E-state index in [4.69, 9.17) is 10.5 Å². The van der Waals surface area contributed by atoms with Crippen LogP contribution in [0.4, 0.5) is 14.6 Å². The molecule has 2 N–H and O–H groups in total. The highest BCUT2D eigenvalue weighted by atomic mass is 79.9. The second kappa shape index (κ2) is 5.90. The van der Waals surface area contributed by atoms with Crippen molar-refractivity contribution in [3.8, 4) is 0 Å². The molecule has 0 aromatic carbocycles. The summed E-state index contributed by atoms with van der Waals surface area (Å²) in [5, 5.41) is 0. The Morgan fingerprint density at radius 2 is 2.29 bits per heavy atom. The number of ether oxygens (including phenoxy) is 1. The molecular formula is C10H11BrF2N2O2. The van der Waals surface area contributed by atoms with Crippen LogP contribution in [0.1, 0.15) is 24.6 Å². The number of hydrogen-bond acceptors (Lipinski definition) is 4. The zero-order valence-corrected chi connectivity index (χ0v) is 10.6. The van der Waals surface area contributed by atoms with E-state index >= 15 is 0 Å². The molecule has 0 bridgehead atoms. The number of hydrogen-bond donors (Lipinski definition) is 1. The Hall–Kier alpha value is -1.24. The lowest BCUT2D eigenvalue weighted by molar-refractivity contribution is -0.142. The lowest BCUT2D eigenvalue weighted by Crippen LogP contribution is -2.11. The third-order valence-electron chi connectivity index (χ3n) is 1.93. The Balaban J connectivity index is 3.03. The van der Waals surface area contributed by atoms with Gasteiger partial charge in [-0.2, -0.15) is 0 Å². The highest BCUT2D eigenvalue weighted by molar-refractivity contribution is 9.10. The van der Waals surface area contributed by atoms with E-state index in [1.807, 2.05) is 0 Å². The maximum absolute atomic E-state index is 12.6. The largest absolute Gasteiger partial charge is 0.466 e. The van der Waals surface area contributed by atoms with Crippen LogP contribution in [0.2, 0.25) is 0 Å². The maximum atomic E-state index is 12.6. The van der Waals surface area contributed by atoms with Gasteiger partial charge in [-0.25, -0.2) is 13.8 Å². The van der Waals surface area contributed by atoms with E-state index in [-0.39, 0.29) is 34.6 Å². The molecule has 0 radical (unpaired) electrons. The molecule has 1 rings (SSSR count). The number of anilines is 1. The van der Waals surface area contributed by atoms with Crippen molar-refractivity contribution >= 4 is 27.7 Å². The number of alkyl halides is 2. The van der Waals surface area contributed by atoms with Gasteiger partial charge in [0.25, 0.3) is 6.43 Å². The monoisotopic (exact) mass is 308 g/mol. The number of pyridine rings is 1. The summed E-state index contributed by atoms with van der Waals surface area (Å²) in [4.78, 5) is 15.1. The number of nitrogens with two attached hydrogens (primary N) is 1. The first kappa shape index (κ1) is 13.8. The van der Waals surface area contributed by atoms with Gasteiger partial charge < -0.3 is 10.5 Å². The maximum Gasteiger partial charge on any atom is 0.311 e. The van der Waals surface area contributed by atoms with E-state index < -0.39 is 12.4 Å². The van der Waals surface area contributed by atoms with Gasteiger partial charge in [-0.05, 0) is 28.9 Å². The molecule has 94 valence electrons.